The van der Waals surface area contributed by atoms with Crippen molar-refractivity contribution in [3.05, 3.63) is 57.6 Å². The van der Waals surface area contributed by atoms with Crippen molar-refractivity contribution in [2.24, 2.45) is 0 Å². The second-order valence-electron chi connectivity index (χ2n) is 6.73. The zero-order valence-electron chi connectivity index (χ0n) is 15.2. The summed E-state index contributed by atoms with van der Waals surface area (Å²) in [6, 6.07) is 8.34. The van der Waals surface area contributed by atoms with Crippen LogP contribution in [0, 0.1) is 10.1 Å². The molecule has 0 heterocycles. The molecular weight excluding hydrogens is 410 g/mol. The van der Waals surface area contributed by atoms with Crippen molar-refractivity contribution < 1.29 is 22.9 Å². The maximum absolute atomic E-state index is 12.7. The number of hydrogen-bond donors (Lipinski definition) is 2. The van der Waals surface area contributed by atoms with Gasteiger partial charge in [0.2, 0.25) is 0 Å². The van der Waals surface area contributed by atoms with Gasteiger partial charge in [0.25, 0.3) is 15.7 Å². The molecule has 0 atom stereocenters. The first kappa shape index (κ1) is 21.5. The van der Waals surface area contributed by atoms with Crippen molar-refractivity contribution in [2.75, 3.05) is 0 Å². The number of carbonyl (C=O) groups is 1. The van der Waals surface area contributed by atoms with Crippen molar-refractivity contribution in [1.82, 2.24) is 10.0 Å². The Morgan fingerprint density at radius 3 is 2.36 bits per heavy atom. The predicted molar refractivity (Wildman–Crippen MR) is 103 cm³/mol. The van der Waals surface area contributed by atoms with Crippen LogP contribution in [0.4, 0.5) is 10.5 Å². The van der Waals surface area contributed by atoms with Crippen molar-refractivity contribution in [2.45, 2.75) is 31.2 Å². The van der Waals surface area contributed by atoms with Gasteiger partial charge in [-0.3, -0.25) is 10.1 Å². The molecule has 0 bridgehead atoms. The van der Waals surface area contributed by atoms with Gasteiger partial charge in [-0.2, -0.15) is 0 Å². The van der Waals surface area contributed by atoms with Gasteiger partial charge in [-0.05, 0) is 39.0 Å². The lowest BCUT2D eigenvalue weighted by Gasteiger charge is -2.21. The van der Waals surface area contributed by atoms with Gasteiger partial charge in [-0.25, -0.2) is 17.9 Å². The summed E-state index contributed by atoms with van der Waals surface area (Å²) in [5.41, 5.74) is -1.18. The maximum atomic E-state index is 12.7. The van der Waals surface area contributed by atoms with E-state index in [4.69, 9.17) is 16.3 Å². The number of nitro benzene ring substituents is 1. The number of rotatable bonds is 5. The highest BCUT2D eigenvalue weighted by Crippen LogP contribution is 2.34. The SMILES string of the molecule is CC(C)(C)NC(=O)NS(=O)(=O)c1cc([N+](=O)[O-])ccc1Oc1ccccc1Cl. The first-order chi connectivity index (χ1) is 12.9. The van der Waals surface area contributed by atoms with Crippen LogP contribution in [0.5, 0.6) is 11.5 Å². The highest BCUT2D eigenvalue weighted by atomic mass is 35.5. The fraction of sp³-hybridized carbons (Fsp3) is 0.235. The molecule has 0 saturated carbocycles. The van der Waals surface area contributed by atoms with E-state index in [0.29, 0.717) is 0 Å². The van der Waals surface area contributed by atoms with Gasteiger partial charge in [0.1, 0.15) is 16.4 Å². The summed E-state index contributed by atoms with van der Waals surface area (Å²) in [5, 5.41) is 13.7. The molecule has 0 fully saturated rings. The van der Waals surface area contributed by atoms with E-state index in [2.05, 4.69) is 5.32 Å². The standard InChI is InChI=1S/C17H18ClN3O6S/c1-17(2,3)19-16(22)20-28(25,26)15-10-11(21(23)24)8-9-14(15)27-13-7-5-4-6-12(13)18/h4-10H,1-3H3,(H2,19,20,22). The average Bonchev–Trinajstić information content (AvgIpc) is 2.54. The third kappa shape index (κ3) is 5.57. The minimum absolute atomic E-state index is 0.147. The first-order valence-electron chi connectivity index (χ1n) is 7.95. The normalized spacial score (nSPS) is 11.6. The number of carbonyl (C=O) groups excluding carboxylic acids is 1. The van der Waals surface area contributed by atoms with E-state index < -0.39 is 37.1 Å². The Morgan fingerprint density at radius 2 is 1.79 bits per heavy atom. The van der Waals surface area contributed by atoms with Crippen LogP contribution in [0.1, 0.15) is 20.8 Å². The van der Waals surface area contributed by atoms with E-state index in [1.165, 1.54) is 12.1 Å². The van der Waals surface area contributed by atoms with Crippen LogP contribution in [0.15, 0.2) is 47.4 Å². The molecule has 0 aliphatic carbocycles. The Labute approximate surface area is 166 Å². The number of sulfonamides is 1. The molecule has 9 nitrogen and oxygen atoms in total. The van der Waals surface area contributed by atoms with Gasteiger partial charge in [0.15, 0.2) is 0 Å². The fourth-order valence-corrected chi connectivity index (χ4v) is 3.32. The zero-order chi connectivity index (χ0) is 21.1. The van der Waals surface area contributed by atoms with E-state index in [-0.39, 0.29) is 16.5 Å². The summed E-state index contributed by atoms with van der Waals surface area (Å²) in [7, 11) is -4.49. The van der Waals surface area contributed by atoms with Crippen LogP contribution in [0.3, 0.4) is 0 Å². The van der Waals surface area contributed by atoms with Crippen LogP contribution in [-0.2, 0) is 10.0 Å². The molecule has 2 amide bonds. The van der Waals surface area contributed by atoms with Crippen LogP contribution >= 0.6 is 11.6 Å². The van der Waals surface area contributed by atoms with Gasteiger partial charge >= 0.3 is 6.03 Å². The number of nitrogens with one attached hydrogen (secondary N) is 2. The van der Waals surface area contributed by atoms with Crippen LogP contribution in [0.2, 0.25) is 5.02 Å². The second kappa shape index (κ2) is 8.03. The molecule has 2 N–H and O–H groups in total. The number of non-ortho nitro benzene ring substituents is 1. The van der Waals surface area contributed by atoms with Gasteiger partial charge in [-0.15, -0.1) is 0 Å². The number of urea groups is 1. The summed E-state index contributed by atoms with van der Waals surface area (Å²) < 4.78 is 32.7. The molecule has 2 aromatic rings. The van der Waals surface area contributed by atoms with Crippen molar-refractivity contribution in [1.29, 1.82) is 0 Å². The summed E-state index contributed by atoms with van der Waals surface area (Å²) in [6.07, 6.45) is 0. The fourth-order valence-electron chi connectivity index (χ4n) is 2.09. The third-order valence-electron chi connectivity index (χ3n) is 3.20. The zero-order valence-corrected chi connectivity index (χ0v) is 16.8. The molecule has 0 aliphatic rings. The van der Waals surface area contributed by atoms with Gasteiger partial charge in [-0.1, -0.05) is 23.7 Å². The smallest absolute Gasteiger partial charge is 0.329 e. The van der Waals surface area contributed by atoms with E-state index in [0.717, 1.165) is 18.2 Å². The number of nitro groups is 1. The maximum Gasteiger partial charge on any atom is 0.329 e. The quantitative estimate of drug-likeness (QED) is 0.551. The number of ether oxygens (including phenoxy) is 1. The molecule has 11 heteroatoms. The summed E-state index contributed by atoms with van der Waals surface area (Å²) >= 11 is 6.02. The number of hydrogen-bond acceptors (Lipinski definition) is 6. The molecular formula is C17H18ClN3O6S. The molecule has 0 aromatic heterocycles. The van der Waals surface area contributed by atoms with E-state index >= 15 is 0 Å². The Morgan fingerprint density at radius 1 is 1.14 bits per heavy atom. The molecule has 150 valence electrons. The number of benzene rings is 2. The number of para-hydroxylation sites is 1. The molecule has 0 radical (unpaired) electrons. The largest absolute Gasteiger partial charge is 0.454 e. The van der Waals surface area contributed by atoms with Crippen molar-refractivity contribution in [3.8, 4) is 11.5 Å². The lowest BCUT2D eigenvalue weighted by Crippen LogP contribution is -2.48. The molecule has 0 unspecified atom stereocenters. The molecule has 28 heavy (non-hydrogen) atoms. The lowest BCUT2D eigenvalue weighted by molar-refractivity contribution is -0.385. The topological polar surface area (TPSA) is 128 Å². The highest BCUT2D eigenvalue weighted by molar-refractivity contribution is 7.90. The van der Waals surface area contributed by atoms with Gasteiger partial charge < -0.3 is 10.1 Å². The van der Waals surface area contributed by atoms with Crippen molar-refractivity contribution >= 4 is 33.3 Å². The third-order valence-corrected chi connectivity index (χ3v) is 4.86. The summed E-state index contributed by atoms with van der Waals surface area (Å²) in [6.45, 7) is 5.00. The molecule has 2 aromatic carbocycles. The van der Waals surface area contributed by atoms with Gasteiger partial charge in [0, 0.05) is 17.7 Å². The van der Waals surface area contributed by atoms with E-state index in [1.807, 2.05) is 4.72 Å². The minimum Gasteiger partial charge on any atom is -0.454 e. The molecule has 2 rings (SSSR count). The Balaban J connectivity index is 2.47. The average molecular weight is 428 g/mol. The Hall–Kier alpha value is -2.85. The monoisotopic (exact) mass is 427 g/mol. The minimum atomic E-state index is -4.49. The van der Waals surface area contributed by atoms with Crippen LogP contribution < -0.4 is 14.8 Å². The van der Waals surface area contributed by atoms with E-state index in [9.17, 15) is 23.3 Å². The lowest BCUT2D eigenvalue weighted by atomic mass is 10.1. The highest BCUT2D eigenvalue weighted by Gasteiger charge is 2.27. The summed E-state index contributed by atoms with van der Waals surface area (Å²) in [4.78, 5) is 21.7. The second-order valence-corrected chi connectivity index (χ2v) is 8.79. The Kier molecular flexibility index (Phi) is 6.15. The van der Waals surface area contributed by atoms with E-state index in [1.54, 1.807) is 32.9 Å². The first-order valence-corrected chi connectivity index (χ1v) is 9.81. The number of amides is 2. The summed E-state index contributed by atoms with van der Waals surface area (Å²) in [5.74, 6) is -0.0802. The Bertz CT molecular complexity index is 1020. The molecule has 0 spiro atoms. The molecule has 0 saturated heterocycles. The van der Waals surface area contributed by atoms with Crippen LogP contribution in [-0.4, -0.2) is 24.9 Å². The van der Waals surface area contributed by atoms with Gasteiger partial charge in [0.05, 0.1) is 9.95 Å². The number of halogens is 1. The predicted octanol–water partition coefficient (Wildman–Crippen LogP) is 3.83. The molecule has 0 aliphatic heterocycles. The number of nitrogens with zero attached hydrogens (tertiary/aromatic N) is 1. The van der Waals surface area contributed by atoms with Crippen LogP contribution in [0.25, 0.3) is 0 Å². The van der Waals surface area contributed by atoms with Crippen molar-refractivity contribution in [3.63, 3.8) is 0 Å².